The number of hydrogen-bond acceptors (Lipinski definition) is 4. The van der Waals surface area contributed by atoms with Gasteiger partial charge in [-0.1, -0.05) is 0 Å². The van der Waals surface area contributed by atoms with Crippen molar-refractivity contribution in [3.8, 4) is 6.07 Å². The van der Waals surface area contributed by atoms with Crippen molar-refractivity contribution in [2.24, 2.45) is 0 Å². The molecule has 0 radical (unpaired) electrons. The second-order valence-corrected chi connectivity index (χ2v) is 2.97. The number of unbranched alkanes of at least 4 members (excludes halogenated alkanes) is 2. The molecular weight excluding hydrogens is 180 g/mol. The minimum atomic E-state index is 0.655. The number of nitrogens with one attached hydrogen (secondary N) is 1. The Hall–Kier alpha value is -0.630. The lowest BCUT2D eigenvalue weighted by Crippen LogP contribution is -2.21. The van der Waals surface area contributed by atoms with Gasteiger partial charge in [-0.15, -0.1) is 0 Å². The Morgan fingerprint density at radius 1 is 1.14 bits per heavy atom. The molecule has 0 saturated heterocycles. The van der Waals surface area contributed by atoms with Crippen molar-refractivity contribution in [2.45, 2.75) is 19.3 Å². The summed E-state index contributed by atoms with van der Waals surface area (Å²) in [7, 11) is 1.66. The summed E-state index contributed by atoms with van der Waals surface area (Å²) in [6.07, 6.45) is 2.70. The van der Waals surface area contributed by atoms with Gasteiger partial charge in [0.1, 0.15) is 0 Å². The van der Waals surface area contributed by atoms with Crippen LogP contribution in [0.2, 0.25) is 0 Å². The average Bonchev–Trinajstić information content (AvgIpc) is 2.21. The Bertz CT molecular complexity index is 146. The summed E-state index contributed by atoms with van der Waals surface area (Å²) < 4.78 is 10.1. The molecule has 82 valence electrons. The van der Waals surface area contributed by atoms with E-state index in [1.807, 2.05) is 0 Å². The zero-order valence-electron chi connectivity index (χ0n) is 8.92. The van der Waals surface area contributed by atoms with Crippen LogP contribution in [0.4, 0.5) is 0 Å². The molecule has 0 aliphatic heterocycles. The van der Waals surface area contributed by atoms with Gasteiger partial charge in [0.15, 0.2) is 0 Å². The summed E-state index contributed by atoms with van der Waals surface area (Å²) >= 11 is 0. The van der Waals surface area contributed by atoms with Crippen LogP contribution in [-0.4, -0.2) is 40.0 Å². The summed E-state index contributed by atoms with van der Waals surface area (Å²) in [6.45, 7) is 3.88. The van der Waals surface area contributed by atoms with Crippen molar-refractivity contribution in [2.75, 3.05) is 40.0 Å². The van der Waals surface area contributed by atoms with E-state index in [1.165, 1.54) is 0 Å². The summed E-state index contributed by atoms with van der Waals surface area (Å²) in [5.74, 6) is 0. The van der Waals surface area contributed by atoms with Crippen molar-refractivity contribution >= 4 is 0 Å². The number of hydrogen-bond donors (Lipinski definition) is 1. The van der Waals surface area contributed by atoms with Crippen molar-refractivity contribution in [3.05, 3.63) is 0 Å². The lowest BCUT2D eigenvalue weighted by Gasteiger charge is -2.04. The van der Waals surface area contributed by atoms with Crippen LogP contribution in [0.3, 0.4) is 0 Å². The fraction of sp³-hybridized carbons (Fsp3) is 0.900. The summed E-state index contributed by atoms with van der Waals surface area (Å²) in [6, 6.07) is 2.13. The standard InChI is InChI=1S/C10H20N2O2/c1-13-9-10-14-8-7-12-6-4-2-3-5-11/h12H,2-4,6-10H2,1H3. The highest BCUT2D eigenvalue weighted by atomic mass is 16.5. The van der Waals surface area contributed by atoms with Crippen LogP contribution in [0.25, 0.3) is 0 Å². The second-order valence-electron chi connectivity index (χ2n) is 2.97. The second kappa shape index (κ2) is 12.4. The molecule has 0 amide bonds. The molecule has 0 unspecified atom stereocenters. The van der Waals surface area contributed by atoms with E-state index in [0.717, 1.165) is 32.5 Å². The first-order valence-corrected chi connectivity index (χ1v) is 5.06. The van der Waals surface area contributed by atoms with Crippen molar-refractivity contribution in [1.82, 2.24) is 5.32 Å². The van der Waals surface area contributed by atoms with Crippen LogP contribution in [0.1, 0.15) is 19.3 Å². The molecule has 0 aliphatic rings. The summed E-state index contributed by atoms with van der Waals surface area (Å²) in [4.78, 5) is 0. The minimum absolute atomic E-state index is 0.655. The third-order valence-electron chi connectivity index (χ3n) is 1.75. The molecule has 0 saturated carbocycles. The topological polar surface area (TPSA) is 54.3 Å². The predicted molar refractivity (Wildman–Crippen MR) is 55.0 cm³/mol. The van der Waals surface area contributed by atoms with Gasteiger partial charge in [-0.3, -0.25) is 0 Å². The van der Waals surface area contributed by atoms with Gasteiger partial charge in [-0.2, -0.15) is 5.26 Å². The van der Waals surface area contributed by atoms with E-state index < -0.39 is 0 Å². The van der Waals surface area contributed by atoms with E-state index in [4.69, 9.17) is 14.7 Å². The molecule has 0 heterocycles. The Morgan fingerprint density at radius 2 is 2.00 bits per heavy atom. The first-order valence-electron chi connectivity index (χ1n) is 5.06. The maximum atomic E-state index is 8.29. The molecule has 0 aliphatic carbocycles. The van der Waals surface area contributed by atoms with Crippen molar-refractivity contribution < 1.29 is 9.47 Å². The smallest absolute Gasteiger partial charge is 0.0700 e. The third kappa shape index (κ3) is 11.4. The zero-order chi connectivity index (χ0) is 10.5. The molecule has 4 heteroatoms. The maximum absolute atomic E-state index is 8.29. The molecule has 0 atom stereocenters. The molecule has 0 rings (SSSR count). The summed E-state index contributed by atoms with van der Waals surface area (Å²) in [5, 5.41) is 11.5. The third-order valence-corrected chi connectivity index (χ3v) is 1.75. The van der Waals surface area contributed by atoms with Gasteiger partial charge in [0.2, 0.25) is 0 Å². The van der Waals surface area contributed by atoms with Gasteiger partial charge < -0.3 is 14.8 Å². The number of ether oxygens (including phenoxy) is 2. The van der Waals surface area contributed by atoms with Crippen LogP contribution >= 0.6 is 0 Å². The van der Waals surface area contributed by atoms with Gasteiger partial charge in [-0.05, 0) is 19.4 Å². The molecule has 0 bridgehead atoms. The first-order chi connectivity index (χ1) is 6.91. The SMILES string of the molecule is COCCOCCNCCCCC#N. The molecule has 0 aromatic rings. The van der Waals surface area contributed by atoms with E-state index in [1.54, 1.807) is 7.11 Å². The Balaban J connectivity index is 2.82. The number of methoxy groups -OCH3 is 1. The number of nitrogens with zero attached hydrogens (tertiary/aromatic N) is 1. The van der Waals surface area contributed by atoms with Gasteiger partial charge in [0, 0.05) is 20.1 Å². The van der Waals surface area contributed by atoms with Crippen LogP contribution in [0.5, 0.6) is 0 Å². The fourth-order valence-electron chi connectivity index (χ4n) is 0.968. The van der Waals surface area contributed by atoms with Gasteiger partial charge >= 0.3 is 0 Å². The van der Waals surface area contributed by atoms with Crippen molar-refractivity contribution in [1.29, 1.82) is 5.26 Å². The van der Waals surface area contributed by atoms with Gasteiger partial charge in [-0.25, -0.2) is 0 Å². The minimum Gasteiger partial charge on any atom is -0.382 e. The van der Waals surface area contributed by atoms with Gasteiger partial charge in [0.05, 0.1) is 25.9 Å². The van der Waals surface area contributed by atoms with Crippen molar-refractivity contribution in [3.63, 3.8) is 0 Å². The van der Waals surface area contributed by atoms with Crippen LogP contribution in [-0.2, 0) is 9.47 Å². The highest BCUT2D eigenvalue weighted by molar-refractivity contribution is 4.68. The van der Waals surface area contributed by atoms with E-state index in [2.05, 4.69) is 11.4 Å². The zero-order valence-corrected chi connectivity index (χ0v) is 8.92. The molecule has 0 fully saturated rings. The van der Waals surface area contributed by atoms with E-state index in [0.29, 0.717) is 19.6 Å². The Morgan fingerprint density at radius 3 is 2.71 bits per heavy atom. The van der Waals surface area contributed by atoms with Gasteiger partial charge in [0.25, 0.3) is 0 Å². The van der Waals surface area contributed by atoms with E-state index in [-0.39, 0.29) is 0 Å². The average molecular weight is 200 g/mol. The van der Waals surface area contributed by atoms with E-state index >= 15 is 0 Å². The molecule has 0 spiro atoms. The Labute approximate surface area is 86.2 Å². The lowest BCUT2D eigenvalue weighted by atomic mass is 10.2. The fourth-order valence-corrected chi connectivity index (χ4v) is 0.968. The molecule has 0 aromatic carbocycles. The highest BCUT2D eigenvalue weighted by Gasteiger charge is 1.89. The molecule has 14 heavy (non-hydrogen) atoms. The van der Waals surface area contributed by atoms with E-state index in [9.17, 15) is 0 Å². The Kier molecular flexibility index (Phi) is 11.8. The lowest BCUT2D eigenvalue weighted by molar-refractivity contribution is 0.0720. The van der Waals surface area contributed by atoms with Crippen LogP contribution in [0, 0.1) is 11.3 Å². The maximum Gasteiger partial charge on any atom is 0.0700 e. The molecule has 4 nitrogen and oxygen atoms in total. The predicted octanol–water partition coefficient (Wildman–Crippen LogP) is 0.933. The quantitative estimate of drug-likeness (QED) is 0.533. The van der Waals surface area contributed by atoms with Crippen LogP contribution in [0.15, 0.2) is 0 Å². The molecule has 0 aromatic heterocycles. The van der Waals surface area contributed by atoms with Crippen LogP contribution < -0.4 is 5.32 Å². The monoisotopic (exact) mass is 200 g/mol. The largest absolute Gasteiger partial charge is 0.382 e. The molecule has 1 N–H and O–H groups in total. The highest BCUT2D eigenvalue weighted by Crippen LogP contribution is 1.90. The summed E-state index contributed by atoms with van der Waals surface area (Å²) in [5.41, 5.74) is 0. The normalized spacial score (nSPS) is 10.0. The number of rotatable bonds is 10. The number of nitriles is 1. The first kappa shape index (κ1) is 13.4. The molecular formula is C10H20N2O2.